The van der Waals surface area contributed by atoms with Crippen LogP contribution in [0.15, 0.2) is 23.8 Å². The van der Waals surface area contributed by atoms with Crippen molar-refractivity contribution in [1.29, 1.82) is 0 Å². The number of rotatable bonds is 1. The zero-order chi connectivity index (χ0) is 6.69. The summed E-state index contributed by atoms with van der Waals surface area (Å²) in [6.07, 6.45) is 6.16. The van der Waals surface area contributed by atoms with E-state index in [4.69, 9.17) is 5.53 Å². The molecule has 9 heavy (non-hydrogen) atoms. The molecular formula is C6H3N2O. The lowest BCUT2D eigenvalue weighted by molar-refractivity contribution is -0.00132. The molecule has 1 aliphatic carbocycles. The van der Waals surface area contributed by atoms with Crippen molar-refractivity contribution in [3.63, 3.8) is 0 Å². The van der Waals surface area contributed by atoms with E-state index in [1.54, 1.807) is 6.29 Å². The van der Waals surface area contributed by atoms with Crippen LogP contribution in [-0.4, -0.2) is 16.8 Å². The Balaban J connectivity index is 2.99. The Morgan fingerprint density at radius 3 is 2.67 bits per heavy atom. The first-order valence-corrected chi connectivity index (χ1v) is 2.37. The molecule has 0 atom stereocenters. The van der Waals surface area contributed by atoms with Gasteiger partial charge in [0.1, 0.15) is 0 Å². The molecule has 0 bridgehead atoms. The third kappa shape index (κ3) is 1.01. The molecule has 1 aliphatic rings. The van der Waals surface area contributed by atoms with Crippen molar-refractivity contribution in [1.82, 2.24) is 0 Å². The van der Waals surface area contributed by atoms with E-state index in [9.17, 15) is 4.79 Å². The lowest BCUT2D eigenvalue weighted by atomic mass is 10.3. The molecule has 3 nitrogen and oxygen atoms in total. The van der Waals surface area contributed by atoms with E-state index in [1.807, 2.05) is 0 Å². The number of nitrogens with zero attached hydrogens (tertiary/aromatic N) is 2. The monoisotopic (exact) mass is 119 g/mol. The summed E-state index contributed by atoms with van der Waals surface area (Å²) in [5.74, 6) is 0. The van der Waals surface area contributed by atoms with Crippen LogP contribution in [0.25, 0.3) is 5.53 Å². The quantitative estimate of drug-likeness (QED) is 0.361. The van der Waals surface area contributed by atoms with Gasteiger partial charge in [-0.3, -0.25) is 4.79 Å². The molecule has 0 spiro atoms. The smallest absolute Gasteiger partial charge is 0.316 e. The Kier molecular flexibility index (Phi) is 1.38. The molecule has 0 amide bonds. The first-order valence-electron chi connectivity index (χ1n) is 2.37. The second-order valence-corrected chi connectivity index (χ2v) is 1.56. The Bertz CT molecular complexity index is 244. The normalized spacial score (nSPS) is 15.1. The van der Waals surface area contributed by atoms with Gasteiger partial charge in [-0.25, -0.2) is 0 Å². The maximum atomic E-state index is 9.89. The molecule has 0 unspecified atom stereocenters. The van der Waals surface area contributed by atoms with Gasteiger partial charge < -0.3 is 5.53 Å². The van der Waals surface area contributed by atoms with E-state index in [1.165, 1.54) is 18.2 Å². The molecule has 0 saturated carbocycles. The van der Waals surface area contributed by atoms with Crippen molar-refractivity contribution < 1.29 is 9.58 Å². The summed E-state index contributed by atoms with van der Waals surface area (Å²) in [6, 6.07) is 0. The van der Waals surface area contributed by atoms with Crippen LogP contribution in [0.5, 0.6) is 0 Å². The summed E-state index contributed by atoms with van der Waals surface area (Å²) in [7, 11) is 0. The maximum Gasteiger partial charge on any atom is 0.316 e. The number of hydrogen-bond acceptors (Lipinski definition) is 1. The Hall–Kier alpha value is -1.47. The van der Waals surface area contributed by atoms with Crippen molar-refractivity contribution >= 4 is 12.0 Å². The second-order valence-electron chi connectivity index (χ2n) is 1.56. The van der Waals surface area contributed by atoms with Gasteiger partial charge in [0.15, 0.2) is 0 Å². The zero-order valence-electron chi connectivity index (χ0n) is 4.53. The zero-order valence-corrected chi connectivity index (χ0v) is 4.53. The largest absolute Gasteiger partial charge is 0.361 e. The van der Waals surface area contributed by atoms with Gasteiger partial charge in [0.25, 0.3) is 0 Å². The average Bonchev–Trinajstić information content (AvgIpc) is 2.34. The minimum atomic E-state index is 0.383. The SMILES string of the molecule is [N-]=[N+]=C1C=CC([C]=O)=C1. The molecule has 0 fully saturated rings. The molecule has 3 heteroatoms. The molecule has 0 N–H and O–H groups in total. The third-order valence-electron chi connectivity index (χ3n) is 0.970. The van der Waals surface area contributed by atoms with Gasteiger partial charge in [-0.15, -0.1) is 0 Å². The van der Waals surface area contributed by atoms with Crippen LogP contribution in [0.1, 0.15) is 0 Å². The first-order chi connectivity index (χ1) is 4.36. The van der Waals surface area contributed by atoms with Crippen molar-refractivity contribution in [2.24, 2.45) is 0 Å². The van der Waals surface area contributed by atoms with Crippen LogP contribution < -0.4 is 0 Å². The Labute approximate surface area is 51.9 Å². The van der Waals surface area contributed by atoms with Crippen molar-refractivity contribution in [2.45, 2.75) is 0 Å². The van der Waals surface area contributed by atoms with E-state index in [0.717, 1.165) is 0 Å². The number of allylic oxidation sites excluding steroid dienone is 4. The molecule has 1 radical (unpaired) electrons. The summed E-state index contributed by atoms with van der Waals surface area (Å²) in [5, 5.41) is 0. The van der Waals surface area contributed by atoms with Gasteiger partial charge in [-0.2, -0.15) is 4.79 Å². The highest BCUT2D eigenvalue weighted by Gasteiger charge is 2.07. The van der Waals surface area contributed by atoms with Gasteiger partial charge in [0.05, 0.1) is 0 Å². The highest BCUT2D eigenvalue weighted by atomic mass is 16.1. The van der Waals surface area contributed by atoms with Crippen LogP contribution in [0.2, 0.25) is 0 Å². The van der Waals surface area contributed by atoms with E-state index < -0.39 is 0 Å². The van der Waals surface area contributed by atoms with Gasteiger partial charge in [0.2, 0.25) is 6.29 Å². The molecule has 43 valence electrons. The summed E-state index contributed by atoms with van der Waals surface area (Å²) in [5.41, 5.74) is 8.93. The van der Waals surface area contributed by atoms with Crippen LogP contribution in [0, 0.1) is 0 Å². The predicted molar refractivity (Wildman–Crippen MR) is 31.5 cm³/mol. The summed E-state index contributed by atoms with van der Waals surface area (Å²) in [4.78, 5) is 12.7. The fourth-order valence-electron chi connectivity index (χ4n) is 0.556. The summed E-state index contributed by atoms with van der Waals surface area (Å²) in [6.45, 7) is 0. The first kappa shape index (κ1) is 5.66. The third-order valence-corrected chi connectivity index (χ3v) is 0.970. The van der Waals surface area contributed by atoms with E-state index in [2.05, 4.69) is 4.79 Å². The van der Waals surface area contributed by atoms with Gasteiger partial charge in [0, 0.05) is 17.7 Å². The molecule has 0 heterocycles. The topological polar surface area (TPSA) is 53.5 Å². The standard InChI is InChI=1S/C6H3N2O/c7-8-6-2-1-5(3-6)4-9/h1-3H. The molecular weight excluding hydrogens is 116 g/mol. The average molecular weight is 119 g/mol. The van der Waals surface area contributed by atoms with Crippen molar-refractivity contribution in [3.8, 4) is 0 Å². The molecule has 1 rings (SSSR count). The molecule has 0 aromatic carbocycles. The van der Waals surface area contributed by atoms with E-state index in [0.29, 0.717) is 11.3 Å². The fourth-order valence-corrected chi connectivity index (χ4v) is 0.556. The van der Waals surface area contributed by atoms with Crippen molar-refractivity contribution in [3.05, 3.63) is 29.3 Å². The highest BCUT2D eigenvalue weighted by Crippen LogP contribution is 2.01. The molecule has 0 aliphatic heterocycles. The minimum Gasteiger partial charge on any atom is -0.361 e. The van der Waals surface area contributed by atoms with Crippen LogP contribution in [0.3, 0.4) is 0 Å². The molecule has 0 aromatic rings. The summed E-state index contributed by atoms with van der Waals surface area (Å²) < 4.78 is 0. The summed E-state index contributed by atoms with van der Waals surface area (Å²) >= 11 is 0. The van der Waals surface area contributed by atoms with Gasteiger partial charge in [-0.05, 0) is 6.08 Å². The molecule has 0 aromatic heterocycles. The predicted octanol–water partition coefficient (Wildman–Crippen LogP) is 0.263. The highest BCUT2D eigenvalue weighted by molar-refractivity contribution is 6.08. The van der Waals surface area contributed by atoms with Crippen LogP contribution in [0.4, 0.5) is 0 Å². The van der Waals surface area contributed by atoms with Gasteiger partial charge >= 0.3 is 5.71 Å². The lowest BCUT2D eigenvalue weighted by Gasteiger charge is -1.68. The lowest BCUT2D eigenvalue weighted by Crippen LogP contribution is -1.82. The van der Waals surface area contributed by atoms with Crippen LogP contribution >= 0.6 is 0 Å². The van der Waals surface area contributed by atoms with E-state index in [-0.39, 0.29) is 0 Å². The number of hydrogen-bond donors (Lipinski definition) is 0. The minimum absolute atomic E-state index is 0.383. The second kappa shape index (κ2) is 2.20. The number of carbonyl (C=O) groups excluding carboxylic acids is 1. The van der Waals surface area contributed by atoms with Gasteiger partial charge in [-0.1, -0.05) is 0 Å². The van der Waals surface area contributed by atoms with E-state index >= 15 is 0 Å². The Morgan fingerprint density at radius 1 is 1.56 bits per heavy atom. The fraction of sp³-hybridized carbons (Fsp3) is 0. The van der Waals surface area contributed by atoms with Crippen LogP contribution in [-0.2, 0) is 4.79 Å². The Morgan fingerprint density at radius 2 is 2.33 bits per heavy atom. The van der Waals surface area contributed by atoms with Crippen molar-refractivity contribution in [2.75, 3.05) is 0 Å². The maximum absolute atomic E-state index is 9.89. The molecule has 0 saturated heterocycles.